The van der Waals surface area contributed by atoms with E-state index in [0.717, 1.165) is 12.1 Å². The van der Waals surface area contributed by atoms with Gasteiger partial charge >= 0.3 is 5.69 Å². The highest BCUT2D eigenvalue weighted by molar-refractivity contribution is 5.91. The van der Waals surface area contributed by atoms with Crippen LogP contribution in [0.2, 0.25) is 0 Å². The number of benzene rings is 1. The quantitative estimate of drug-likeness (QED) is 0.449. The number of amides is 3. The van der Waals surface area contributed by atoms with Gasteiger partial charge in [0.1, 0.15) is 12.1 Å². The van der Waals surface area contributed by atoms with Gasteiger partial charge in [-0.15, -0.1) is 0 Å². The Kier molecular flexibility index (Phi) is 7.17. The number of primary amides is 1. The SMILES string of the molecule is CC(=O)N[C@@H](C(=O)N[C@H](Cc1ccc(F)c([N+](=O)[O-])c1)C(N)=O)C(C)C. The van der Waals surface area contributed by atoms with Crippen LogP contribution in [0, 0.1) is 21.8 Å². The van der Waals surface area contributed by atoms with Gasteiger partial charge in [0, 0.05) is 19.4 Å². The Morgan fingerprint density at radius 2 is 1.88 bits per heavy atom. The van der Waals surface area contributed by atoms with Crippen molar-refractivity contribution in [2.24, 2.45) is 11.7 Å². The van der Waals surface area contributed by atoms with E-state index in [4.69, 9.17) is 5.73 Å². The molecular weight excluding hydrogens is 347 g/mol. The number of hydrogen-bond donors (Lipinski definition) is 3. The maximum atomic E-state index is 13.4. The summed E-state index contributed by atoms with van der Waals surface area (Å²) in [4.78, 5) is 45.1. The maximum absolute atomic E-state index is 13.4. The number of carbonyl (C=O) groups is 3. The van der Waals surface area contributed by atoms with Crippen molar-refractivity contribution in [3.63, 3.8) is 0 Å². The van der Waals surface area contributed by atoms with E-state index in [0.29, 0.717) is 0 Å². The van der Waals surface area contributed by atoms with E-state index in [1.807, 2.05) is 0 Å². The summed E-state index contributed by atoms with van der Waals surface area (Å²) in [7, 11) is 0. The Bertz CT molecular complexity index is 723. The van der Waals surface area contributed by atoms with Gasteiger partial charge in [0.15, 0.2) is 0 Å². The highest BCUT2D eigenvalue weighted by Gasteiger charge is 2.28. The topological polar surface area (TPSA) is 144 Å². The smallest absolute Gasteiger partial charge is 0.305 e. The lowest BCUT2D eigenvalue weighted by atomic mass is 10.0. The monoisotopic (exact) mass is 368 g/mol. The molecule has 1 rings (SSSR count). The van der Waals surface area contributed by atoms with Crippen molar-refractivity contribution in [2.45, 2.75) is 39.3 Å². The predicted molar refractivity (Wildman–Crippen MR) is 90.3 cm³/mol. The van der Waals surface area contributed by atoms with E-state index in [1.54, 1.807) is 13.8 Å². The van der Waals surface area contributed by atoms with Crippen LogP contribution in [0.1, 0.15) is 26.3 Å². The van der Waals surface area contributed by atoms with Crippen molar-refractivity contribution < 1.29 is 23.7 Å². The summed E-state index contributed by atoms with van der Waals surface area (Å²) in [5.41, 5.74) is 4.80. The Morgan fingerprint density at radius 1 is 1.27 bits per heavy atom. The predicted octanol–water partition coefficient (Wildman–Crippen LogP) is 0.407. The number of nitro groups is 1. The van der Waals surface area contributed by atoms with E-state index in [1.165, 1.54) is 13.0 Å². The lowest BCUT2D eigenvalue weighted by Gasteiger charge is -2.24. The minimum absolute atomic E-state index is 0.160. The highest BCUT2D eigenvalue weighted by Crippen LogP contribution is 2.19. The van der Waals surface area contributed by atoms with Gasteiger partial charge in [0.25, 0.3) is 0 Å². The fourth-order valence-electron chi connectivity index (χ4n) is 2.30. The van der Waals surface area contributed by atoms with Crippen LogP contribution in [0.15, 0.2) is 18.2 Å². The van der Waals surface area contributed by atoms with Crippen molar-refractivity contribution in [1.82, 2.24) is 10.6 Å². The van der Waals surface area contributed by atoms with Gasteiger partial charge in [0.05, 0.1) is 4.92 Å². The molecule has 0 aromatic heterocycles. The molecule has 0 fully saturated rings. The summed E-state index contributed by atoms with van der Waals surface area (Å²) in [6.07, 6.45) is -0.160. The summed E-state index contributed by atoms with van der Waals surface area (Å²) < 4.78 is 13.4. The number of nitro benzene ring substituents is 1. The lowest BCUT2D eigenvalue weighted by Crippen LogP contribution is -2.55. The van der Waals surface area contributed by atoms with Gasteiger partial charge in [0.2, 0.25) is 23.5 Å². The summed E-state index contributed by atoms with van der Waals surface area (Å²) in [6, 6.07) is 1.09. The van der Waals surface area contributed by atoms with Crippen LogP contribution in [-0.2, 0) is 20.8 Å². The molecule has 0 spiro atoms. The molecule has 9 nitrogen and oxygen atoms in total. The number of halogens is 1. The molecule has 1 aromatic carbocycles. The van der Waals surface area contributed by atoms with Gasteiger partial charge in [-0.25, -0.2) is 0 Å². The van der Waals surface area contributed by atoms with E-state index in [9.17, 15) is 28.9 Å². The number of hydrogen-bond acceptors (Lipinski definition) is 5. The first kappa shape index (κ1) is 21.0. The molecule has 142 valence electrons. The molecule has 0 saturated heterocycles. The number of nitrogens with two attached hydrogens (primary N) is 1. The summed E-state index contributed by atoms with van der Waals surface area (Å²) >= 11 is 0. The second-order valence-corrected chi connectivity index (χ2v) is 6.13. The largest absolute Gasteiger partial charge is 0.368 e. The Morgan fingerprint density at radius 3 is 2.35 bits per heavy atom. The molecule has 3 amide bonds. The van der Waals surface area contributed by atoms with Crippen LogP contribution in [-0.4, -0.2) is 34.7 Å². The average Bonchev–Trinajstić information content (AvgIpc) is 2.52. The second kappa shape index (κ2) is 8.88. The highest BCUT2D eigenvalue weighted by atomic mass is 19.1. The second-order valence-electron chi connectivity index (χ2n) is 6.13. The molecule has 26 heavy (non-hydrogen) atoms. The van der Waals surface area contributed by atoms with Gasteiger partial charge in [-0.05, 0) is 17.5 Å². The maximum Gasteiger partial charge on any atom is 0.305 e. The standard InChI is InChI=1S/C16H21FN4O5/c1-8(2)14(19-9(3)22)16(24)20-12(15(18)23)6-10-4-5-11(17)13(7-10)21(25)26/h4-5,7-8,12,14H,6H2,1-3H3,(H2,18,23)(H,19,22)(H,20,24)/t12-,14-/m1/s1. The van der Waals surface area contributed by atoms with Gasteiger partial charge in [-0.1, -0.05) is 19.9 Å². The molecule has 0 unspecified atom stereocenters. The number of rotatable bonds is 8. The molecule has 0 aliphatic carbocycles. The summed E-state index contributed by atoms with van der Waals surface area (Å²) in [6.45, 7) is 4.68. The zero-order valence-corrected chi connectivity index (χ0v) is 14.6. The lowest BCUT2D eigenvalue weighted by molar-refractivity contribution is -0.387. The van der Waals surface area contributed by atoms with Crippen LogP contribution in [0.5, 0.6) is 0 Å². The first-order valence-electron chi connectivity index (χ1n) is 7.82. The van der Waals surface area contributed by atoms with Crippen LogP contribution in [0.4, 0.5) is 10.1 Å². The fourth-order valence-corrected chi connectivity index (χ4v) is 2.30. The molecule has 4 N–H and O–H groups in total. The van der Waals surface area contributed by atoms with Crippen molar-refractivity contribution in [3.05, 3.63) is 39.7 Å². The number of carbonyl (C=O) groups excluding carboxylic acids is 3. The van der Waals surface area contributed by atoms with Crippen LogP contribution in [0.25, 0.3) is 0 Å². The molecule has 0 aliphatic heterocycles. The minimum Gasteiger partial charge on any atom is -0.368 e. The van der Waals surface area contributed by atoms with E-state index < -0.39 is 46.2 Å². The first-order valence-corrected chi connectivity index (χ1v) is 7.82. The Labute approximate surface area is 149 Å². The van der Waals surface area contributed by atoms with Crippen LogP contribution in [0.3, 0.4) is 0 Å². The van der Waals surface area contributed by atoms with Crippen LogP contribution >= 0.6 is 0 Å². The van der Waals surface area contributed by atoms with Gasteiger partial charge in [-0.3, -0.25) is 24.5 Å². The Hall–Kier alpha value is -3.04. The number of nitrogens with zero attached hydrogens (tertiary/aromatic N) is 1. The molecule has 0 heterocycles. The van der Waals surface area contributed by atoms with E-state index in [2.05, 4.69) is 10.6 Å². The molecule has 0 radical (unpaired) electrons. The first-order chi connectivity index (χ1) is 12.0. The Balaban J connectivity index is 2.98. The molecule has 10 heteroatoms. The third-order valence-corrected chi connectivity index (χ3v) is 3.61. The third kappa shape index (κ3) is 5.80. The van der Waals surface area contributed by atoms with Crippen LogP contribution < -0.4 is 16.4 Å². The molecule has 2 atom stereocenters. The molecule has 1 aromatic rings. The average molecular weight is 368 g/mol. The zero-order chi connectivity index (χ0) is 20.0. The fraction of sp³-hybridized carbons (Fsp3) is 0.438. The van der Waals surface area contributed by atoms with E-state index >= 15 is 0 Å². The van der Waals surface area contributed by atoms with Crippen molar-refractivity contribution in [3.8, 4) is 0 Å². The summed E-state index contributed by atoms with van der Waals surface area (Å²) in [5.74, 6) is -3.15. The zero-order valence-electron chi connectivity index (χ0n) is 14.6. The molecule has 0 aliphatic rings. The van der Waals surface area contributed by atoms with Crippen molar-refractivity contribution >= 4 is 23.4 Å². The normalized spacial score (nSPS) is 13.0. The van der Waals surface area contributed by atoms with Crippen molar-refractivity contribution in [1.29, 1.82) is 0 Å². The molecule has 0 saturated carbocycles. The molecular formula is C16H21FN4O5. The third-order valence-electron chi connectivity index (χ3n) is 3.61. The summed E-state index contributed by atoms with van der Waals surface area (Å²) in [5, 5.41) is 15.7. The molecule has 0 bridgehead atoms. The minimum atomic E-state index is -1.18. The van der Waals surface area contributed by atoms with Gasteiger partial charge < -0.3 is 16.4 Å². The van der Waals surface area contributed by atoms with Gasteiger partial charge in [-0.2, -0.15) is 4.39 Å². The van der Waals surface area contributed by atoms with E-state index in [-0.39, 0.29) is 17.9 Å². The number of nitrogens with one attached hydrogen (secondary N) is 2. The van der Waals surface area contributed by atoms with Crippen molar-refractivity contribution in [2.75, 3.05) is 0 Å².